The third-order valence-corrected chi connectivity index (χ3v) is 4.23. The highest BCUT2D eigenvalue weighted by atomic mass is 79.9. The first-order valence-electron chi connectivity index (χ1n) is 5.20. The Bertz CT molecular complexity index is 478. The molecule has 0 aliphatic rings. The fourth-order valence-corrected chi connectivity index (χ4v) is 3.37. The highest BCUT2D eigenvalue weighted by Gasteiger charge is 2.13. The van der Waals surface area contributed by atoms with Crippen molar-refractivity contribution < 1.29 is 0 Å². The van der Waals surface area contributed by atoms with Crippen LogP contribution in [0.25, 0.3) is 0 Å². The van der Waals surface area contributed by atoms with Crippen molar-refractivity contribution in [3.8, 4) is 0 Å². The first-order valence-corrected chi connectivity index (χ1v) is 6.80. The molecule has 1 heterocycles. The van der Waals surface area contributed by atoms with Gasteiger partial charge in [-0.2, -0.15) is 0 Å². The quantitative estimate of drug-likeness (QED) is 0.898. The molecule has 1 aromatic heterocycles. The Labute approximate surface area is 109 Å². The van der Waals surface area contributed by atoms with E-state index in [-0.39, 0.29) is 6.04 Å². The number of rotatable bonds is 3. The SMILES string of the molecule is CNC(c1cccc(C)c1)c1ccc(Br)s1. The van der Waals surface area contributed by atoms with Crippen LogP contribution in [0.15, 0.2) is 40.2 Å². The molecular weight excluding hydrogens is 282 g/mol. The van der Waals surface area contributed by atoms with Crippen LogP contribution in [0.5, 0.6) is 0 Å². The van der Waals surface area contributed by atoms with E-state index in [2.05, 4.69) is 64.6 Å². The standard InChI is InChI=1S/C13H14BrNS/c1-9-4-3-5-10(8-9)13(15-2)11-6-7-12(14)16-11/h3-8,13,15H,1-2H3. The molecule has 1 nitrogen and oxygen atoms in total. The average Bonchev–Trinajstić information content (AvgIpc) is 2.66. The zero-order valence-electron chi connectivity index (χ0n) is 9.33. The molecule has 1 atom stereocenters. The minimum atomic E-state index is 0.288. The van der Waals surface area contributed by atoms with Crippen LogP contribution in [-0.4, -0.2) is 7.05 Å². The second kappa shape index (κ2) is 5.13. The van der Waals surface area contributed by atoms with Gasteiger partial charge in [0.25, 0.3) is 0 Å². The molecule has 0 saturated carbocycles. The fourth-order valence-electron chi connectivity index (χ4n) is 1.81. The predicted molar refractivity (Wildman–Crippen MR) is 74.1 cm³/mol. The molecule has 1 N–H and O–H groups in total. The molecule has 0 fully saturated rings. The van der Waals surface area contributed by atoms with Gasteiger partial charge in [0.15, 0.2) is 0 Å². The fraction of sp³-hybridized carbons (Fsp3) is 0.231. The van der Waals surface area contributed by atoms with Crippen molar-refractivity contribution in [1.29, 1.82) is 0 Å². The monoisotopic (exact) mass is 295 g/mol. The maximum Gasteiger partial charge on any atom is 0.0702 e. The topological polar surface area (TPSA) is 12.0 Å². The van der Waals surface area contributed by atoms with Crippen molar-refractivity contribution >= 4 is 27.3 Å². The second-order valence-corrected chi connectivity index (χ2v) is 6.27. The van der Waals surface area contributed by atoms with Gasteiger partial charge >= 0.3 is 0 Å². The Hall–Kier alpha value is -0.640. The zero-order chi connectivity index (χ0) is 11.5. The van der Waals surface area contributed by atoms with Gasteiger partial charge in [-0.1, -0.05) is 29.8 Å². The van der Waals surface area contributed by atoms with Crippen LogP contribution in [0.2, 0.25) is 0 Å². The summed E-state index contributed by atoms with van der Waals surface area (Å²) in [7, 11) is 2.00. The maximum absolute atomic E-state index is 3.51. The first kappa shape index (κ1) is 11.8. The van der Waals surface area contributed by atoms with Crippen LogP contribution >= 0.6 is 27.3 Å². The molecule has 0 bridgehead atoms. The van der Waals surface area contributed by atoms with Crippen LogP contribution in [0.3, 0.4) is 0 Å². The van der Waals surface area contributed by atoms with Gasteiger partial charge in [-0.15, -0.1) is 11.3 Å². The molecule has 0 aliphatic heterocycles. The van der Waals surface area contributed by atoms with Crippen molar-refractivity contribution in [2.45, 2.75) is 13.0 Å². The largest absolute Gasteiger partial charge is 0.309 e. The molecule has 0 aliphatic carbocycles. The van der Waals surface area contributed by atoms with Crippen LogP contribution in [-0.2, 0) is 0 Å². The lowest BCUT2D eigenvalue weighted by Crippen LogP contribution is -2.16. The number of halogens is 1. The molecule has 0 saturated heterocycles. The second-order valence-electron chi connectivity index (χ2n) is 3.78. The number of hydrogen-bond donors (Lipinski definition) is 1. The van der Waals surface area contributed by atoms with Crippen LogP contribution < -0.4 is 5.32 Å². The van der Waals surface area contributed by atoms with Crippen LogP contribution in [0.1, 0.15) is 22.0 Å². The van der Waals surface area contributed by atoms with Gasteiger partial charge in [0, 0.05) is 4.88 Å². The summed E-state index contributed by atoms with van der Waals surface area (Å²) in [6.07, 6.45) is 0. The first-order chi connectivity index (χ1) is 7.70. The molecule has 1 unspecified atom stereocenters. The molecule has 0 amide bonds. The molecule has 0 radical (unpaired) electrons. The normalized spacial score (nSPS) is 12.7. The van der Waals surface area contributed by atoms with E-state index in [1.54, 1.807) is 11.3 Å². The molecule has 1 aromatic carbocycles. The number of nitrogens with one attached hydrogen (secondary N) is 1. The van der Waals surface area contributed by atoms with Crippen molar-refractivity contribution in [2.24, 2.45) is 0 Å². The summed E-state index contributed by atoms with van der Waals surface area (Å²) >= 11 is 5.28. The summed E-state index contributed by atoms with van der Waals surface area (Å²) in [4.78, 5) is 1.33. The molecule has 0 spiro atoms. The van der Waals surface area contributed by atoms with Gasteiger partial charge in [-0.25, -0.2) is 0 Å². The van der Waals surface area contributed by atoms with Crippen LogP contribution in [0, 0.1) is 6.92 Å². The van der Waals surface area contributed by atoms with E-state index in [1.807, 2.05) is 7.05 Å². The Morgan fingerprint density at radius 1 is 1.25 bits per heavy atom. The van der Waals surface area contributed by atoms with E-state index in [4.69, 9.17) is 0 Å². The lowest BCUT2D eigenvalue weighted by molar-refractivity contribution is 0.703. The van der Waals surface area contributed by atoms with Crippen molar-refractivity contribution in [3.05, 3.63) is 56.2 Å². The van der Waals surface area contributed by atoms with Gasteiger partial charge < -0.3 is 5.32 Å². The molecule has 3 heteroatoms. The van der Waals surface area contributed by atoms with E-state index >= 15 is 0 Å². The smallest absolute Gasteiger partial charge is 0.0702 e. The highest BCUT2D eigenvalue weighted by Crippen LogP contribution is 2.31. The molecule has 16 heavy (non-hydrogen) atoms. The lowest BCUT2D eigenvalue weighted by atomic mass is 10.0. The van der Waals surface area contributed by atoms with Crippen LogP contribution in [0.4, 0.5) is 0 Å². The van der Waals surface area contributed by atoms with Crippen molar-refractivity contribution in [2.75, 3.05) is 7.05 Å². The molecule has 2 rings (SSSR count). The Kier molecular flexibility index (Phi) is 3.79. The highest BCUT2D eigenvalue weighted by molar-refractivity contribution is 9.11. The zero-order valence-corrected chi connectivity index (χ0v) is 11.7. The van der Waals surface area contributed by atoms with Gasteiger partial charge in [0.05, 0.1) is 9.83 Å². The Morgan fingerprint density at radius 2 is 2.06 bits per heavy atom. The summed E-state index contributed by atoms with van der Waals surface area (Å²) in [5.41, 5.74) is 2.62. The Morgan fingerprint density at radius 3 is 2.62 bits per heavy atom. The van der Waals surface area contributed by atoms with Crippen molar-refractivity contribution in [1.82, 2.24) is 5.32 Å². The summed E-state index contributed by atoms with van der Waals surface area (Å²) < 4.78 is 1.18. The lowest BCUT2D eigenvalue weighted by Gasteiger charge is -2.15. The third kappa shape index (κ3) is 2.54. The number of aryl methyl sites for hydroxylation is 1. The van der Waals surface area contributed by atoms with Gasteiger partial charge in [-0.3, -0.25) is 0 Å². The molecular formula is C13H14BrNS. The van der Waals surface area contributed by atoms with Gasteiger partial charge in [0.2, 0.25) is 0 Å². The summed E-state index contributed by atoms with van der Waals surface area (Å²) in [6.45, 7) is 2.13. The summed E-state index contributed by atoms with van der Waals surface area (Å²) in [6, 6.07) is 13.2. The number of benzene rings is 1. The number of thiophene rings is 1. The van der Waals surface area contributed by atoms with Gasteiger partial charge in [-0.05, 0) is 47.6 Å². The van der Waals surface area contributed by atoms with E-state index < -0.39 is 0 Å². The predicted octanol–water partition coefficient (Wildman–Crippen LogP) is 4.13. The summed E-state index contributed by atoms with van der Waals surface area (Å²) in [5, 5.41) is 3.36. The van der Waals surface area contributed by atoms with E-state index in [1.165, 1.54) is 19.8 Å². The average molecular weight is 296 g/mol. The number of hydrogen-bond acceptors (Lipinski definition) is 2. The van der Waals surface area contributed by atoms with E-state index in [0.717, 1.165) is 0 Å². The maximum atomic E-state index is 3.51. The van der Waals surface area contributed by atoms with Crippen molar-refractivity contribution in [3.63, 3.8) is 0 Å². The molecule has 84 valence electrons. The minimum Gasteiger partial charge on any atom is -0.309 e. The minimum absolute atomic E-state index is 0.288. The summed E-state index contributed by atoms with van der Waals surface area (Å²) in [5.74, 6) is 0. The van der Waals surface area contributed by atoms with E-state index in [0.29, 0.717) is 0 Å². The Balaban J connectivity index is 2.36. The van der Waals surface area contributed by atoms with Gasteiger partial charge in [0.1, 0.15) is 0 Å². The van der Waals surface area contributed by atoms with E-state index in [9.17, 15) is 0 Å². The third-order valence-electron chi connectivity index (χ3n) is 2.54. The molecule has 2 aromatic rings.